The lowest BCUT2D eigenvalue weighted by Gasteiger charge is -2.26. The summed E-state index contributed by atoms with van der Waals surface area (Å²) in [4.78, 5) is 4.69. The minimum Gasteiger partial charge on any atom is -0.311 e. The van der Waals surface area contributed by atoms with Crippen molar-refractivity contribution in [3.63, 3.8) is 0 Å². The van der Waals surface area contributed by atoms with Crippen molar-refractivity contribution in [3.8, 4) is 11.1 Å². The first-order chi connectivity index (χ1) is 23.7. The molecule has 0 aliphatic rings. The van der Waals surface area contributed by atoms with Gasteiger partial charge in [0, 0.05) is 34.1 Å². The largest absolute Gasteiger partial charge is 0.311 e. The van der Waals surface area contributed by atoms with Crippen LogP contribution in [-0.4, -0.2) is 0 Å². The first-order valence-electron chi connectivity index (χ1n) is 17.8. The molecule has 0 amide bonds. The van der Waals surface area contributed by atoms with Crippen LogP contribution in [0.15, 0.2) is 158 Å². The molecule has 0 spiro atoms. The van der Waals surface area contributed by atoms with E-state index < -0.39 is 0 Å². The number of benzene rings is 6. The highest BCUT2D eigenvalue weighted by atomic mass is 15.1. The van der Waals surface area contributed by atoms with Gasteiger partial charge in [-0.3, -0.25) is 0 Å². The van der Waals surface area contributed by atoms with E-state index in [0.717, 1.165) is 29.2 Å². The minimum atomic E-state index is 0.621. The van der Waals surface area contributed by atoms with Crippen LogP contribution in [0.3, 0.4) is 0 Å². The van der Waals surface area contributed by atoms with E-state index in [2.05, 4.69) is 188 Å². The predicted molar refractivity (Wildman–Crippen MR) is 208 cm³/mol. The lowest BCUT2D eigenvalue weighted by atomic mass is 9.92. The van der Waals surface area contributed by atoms with Crippen LogP contribution in [0.4, 0.5) is 34.1 Å². The van der Waals surface area contributed by atoms with Gasteiger partial charge in [0.1, 0.15) is 0 Å². The van der Waals surface area contributed by atoms with Crippen molar-refractivity contribution >= 4 is 34.1 Å². The molecule has 2 heteroatoms. The van der Waals surface area contributed by atoms with Crippen molar-refractivity contribution < 1.29 is 0 Å². The normalized spacial score (nSPS) is 11.6. The van der Waals surface area contributed by atoms with Crippen molar-refractivity contribution in [1.29, 1.82) is 0 Å². The Kier molecular flexibility index (Phi) is 11.1. The van der Waals surface area contributed by atoms with Gasteiger partial charge in [-0.25, -0.2) is 0 Å². The Morgan fingerprint density at radius 3 is 1.21 bits per heavy atom. The third-order valence-electron chi connectivity index (χ3n) is 9.38. The zero-order valence-corrected chi connectivity index (χ0v) is 28.7. The van der Waals surface area contributed by atoms with Gasteiger partial charge in [-0.1, -0.05) is 119 Å². The van der Waals surface area contributed by atoms with Crippen LogP contribution in [0.2, 0.25) is 0 Å². The standard InChI is InChI=1S/C46H48N2/c1-4-7-15-36-20-28-43(29-21-36)47(41-16-10-8-11-17-41)45-32-24-39(25-33-45)40-26-34-46(35-27-40)48(42-18-12-9-13-19-42)44-30-22-38(23-31-44)37(6-3)14-5-2/h8-13,16-35,37H,4-7,14-15H2,1-3H3. The molecule has 0 N–H and O–H groups in total. The lowest BCUT2D eigenvalue weighted by molar-refractivity contribution is 0.596. The zero-order valence-electron chi connectivity index (χ0n) is 28.7. The summed E-state index contributed by atoms with van der Waals surface area (Å²) in [5.41, 5.74) is 12.2. The molecule has 0 saturated heterocycles. The Morgan fingerprint density at radius 1 is 0.417 bits per heavy atom. The van der Waals surface area contributed by atoms with Gasteiger partial charge in [0.05, 0.1) is 0 Å². The second kappa shape index (κ2) is 16.2. The molecular weight excluding hydrogens is 581 g/mol. The van der Waals surface area contributed by atoms with Crippen molar-refractivity contribution in [1.82, 2.24) is 0 Å². The molecule has 48 heavy (non-hydrogen) atoms. The molecule has 0 fully saturated rings. The van der Waals surface area contributed by atoms with E-state index in [-0.39, 0.29) is 0 Å². The minimum absolute atomic E-state index is 0.621. The smallest absolute Gasteiger partial charge is 0.0462 e. The number of anilines is 6. The maximum absolute atomic E-state index is 2.35. The van der Waals surface area contributed by atoms with Gasteiger partial charge >= 0.3 is 0 Å². The van der Waals surface area contributed by atoms with Crippen LogP contribution in [0, 0.1) is 0 Å². The summed E-state index contributed by atoms with van der Waals surface area (Å²) in [6.45, 7) is 6.82. The van der Waals surface area contributed by atoms with E-state index in [1.54, 1.807) is 0 Å². The molecule has 0 aliphatic carbocycles. The third kappa shape index (κ3) is 7.72. The fourth-order valence-corrected chi connectivity index (χ4v) is 6.70. The van der Waals surface area contributed by atoms with E-state index in [1.807, 2.05) is 0 Å². The SMILES string of the molecule is CCCCc1ccc(N(c2ccccc2)c2ccc(-c3ccc(N(c4ccccc4)c4ccc(C(CC)CCC)cc4)cc3)cc2)cc1. The zero-order chi connectivity index (χ0) is 33.1. The molecule has 0 bridgehead atoms. The molecule has 0 aromatic heterocycles. The third-order valence-corrected chi connectivity index (χ3v) is 9.38. The Hall–Kier alpha value is -5.08. The summed E-state index contributed by atoms with van der Waals surface area (Å²) in [6, 6.07) is 57.5. The van der Waals surface area contributed by atoms with Crippen LogP contribution in [0.25, 0.3) is 11.1 Å². The Bertz CT molecular complexity index is 1810. The van der Waals surface area contributed by atoms with Crippen molar-refractivity contribution in [2.45, 2.75) is 65.2 Å². The van der Waals surface area contributed by atoms with E-state index in [0.29, 0.717) is 5.92 Å². The number of hydrogen-bond donors (Lipinski definition) is 0. The fourth-order valence-electron chi connectivity index (χ4n) is 6.70. The molecule has 1 atom stereocenters. The van der Waals surface area contributed by atoms with Gasteiger partial charge in [-0.05, 0) is 127 Å². The maximum atomic E-state index is 2.35. The highest BCUT2D eigenvalue weighted by Crippen LogP contribution is 2.38. The number of unbranched alkanes of at least 4 members (excludes halogenated alkanes) is 1. The van der Waals surface area contributed by atoms with E-state index in [1.165, 1.54) is 65.7 Å². The number of para-hydroxylation sites is 2. The van der Waals surface area contributed by atoms with Gasteiger partial charge in [0.15, 0.2) is 0 Å². The van der Waals surface area contributed by atoms with Crippen LogP contribution in [-0.2, 0) is 6.42 Å². The molecule has 0 radical (unpaired) electrons. The number of aryl methyl sites for hydroxylation is 1. The van der Waals surface area contributed by atoms with Crippen LogP contribution < -0.4 is 9.80 Å². The molecule has 0 heterocycles. The van der Waals surface area contributed by atoms with Crippen LogP contribution in [0.1, 0.15) is 69.9 Å². The molecular formula is C46H48N2. The molecule has 0 aliphatic heterocycles. The summed E-state index contributed by atoms with van der Waals surface area (Å²) in [5, 5.41) is 0. The number of nitrogens with zero attached hydrogens (tertiary/aromatic N) is 2. The molecule has 6 aromatic carbocycles. The van der Waals surface area contributed by atoms with Crippen molar-refractivity contribution in [3.05, 3.63) is 169 Å². The quantitative estimate of drug-likeness (QED) is 0.118. The topological polar surface area (TPSA) is 6.48 Å². The van der Waals surface area contributed by atoms with Gasteiger partial charge < -0.3 is 9.80 Å². The van der Waals surface area contributed by atoms with Crippen molar-refractivity contribution in [2.75, 3.05) is 9.80 Å². The van der Waals surface area contributed by atoms with Crippen molar-refractivity contribution in [2.24, 2.45) is 0 Å². The fraction of sp³-hybridized carbons (Fsp3) is 0.217. The second-order valence-corrected chi connectivity index (χ2v) is 12.7. The summed E-state index contributed by atoms with van der Waals surface area (Å²) in [7, 11) is 0. The molecule has 0 saturated carbocycles. The van der Waals surface area contributed by atoms with E-state index in [4.69, 9.17) is 0 Å². The summed E-state index contributed by atoms with van der Waals surface area (Å²) < 4.78 is 0. The highest BCUT2D eigenvalue weighted by Gasteiger charge is 2.16. The van der Waals surface area contributed by atoms with Gasteiger partial charge in [-0.2, -0.15) is 0 Å². The van der Waals surface area contributed by atoms with Crippen LogP contribution in [0.5, 0.6) is 0 Å². The second-order valence-electron chi connectivity index (χ2n) is 12.7. The monoisotopic (exact) mass is 628 g/mol. The Balaban J connectivity index is 1.27. The average Bonchev–Trinajstić information content (AvgIpc) is 3.15. The predicted octanol–water partition coefficient (Wildman–Crippen LogP) is 13.9. The first kappa shape index (κ1) is 32.8. The first-order valence-corrected chi connectivity index (χ1v) is 17.8. The Morgan fingerprint density at radius 2 is 0.812 bits per heavy atom. The average molecular weight is 629 g/mol. The van der Waals surface area contributed by atoms with E-state index >= 15 is 0 Å². The number of rotatable bonds is 14. The molecule has 6 rings (SSSR count). The summed E-state index contributed by atoms with van der Waals surface area (Å²) in [6.07, 6.45) is 7.18. The Labute approximate surface area is 288 Å². The summed E-state index contributed by atoms with van der Waals surface area (Å²) in [5.74, 6) is 0.621. The highest BCUT2D eigenvalue weighted by molar-refractivity contribution is 5.80. The lowest BCUT2D eigenvalue weighted by Crippen LogP contribution is -2.10. The maximum Gasteiger partial charge on any atom is 0.0462 e. The van der Waals surface area contributed by atoms with Crippen LogP contribution >= 0.6 is 0 Å². The molecule has 2 nitrogen and oxygen atoms in total. The van der Waals surface area contributed by atoms with E-state index in [9.17, 15) is 0 Å². The van der Waals surface area contributed by atoms with Gasteiger partial charge in [0.25, 0.3) is 0 Å². The molecule has 6 aromatic rings. The summed E-state index contributed by atoms with van der Waals surface area (Å²) >= 11 is 0. The van der Waals surface area contributed by atoms with Gasteiger partial charge in [-0.15, -0.1) is 0 Å². The molecule has 242 valence electrons. The van der Waals surface area contributed by atoms with Gasteiger partial charge in [0.2, 0.25) is 0 Å². The number of hydrogen-bond acceptors (Lipinski definition) is 2. The molecule has 1 unspecified atom stereocenters.